The predicted molar refractivity (Wildman–Crippen MR) is 71.4 cm³/mol. The van der Waals surface area contributed by atoms with Crippen LogP contribution in [-0.2, 0) is 4.79 Å². The Kier molecular flexibility index (Phi) is 4.18. The monoisotopic (exact) mass is 255 g/mol. The highest BCUT2D eigenvalue weighted by Gasteiger charge is 2.08. The summed E-state index contributed by atoms with van der Waals surface area (Å²) >= 11 is 0. The molecule has 4 nitrogen and oxygen atoms in total. The third-order valence-corrected chi connectivity index (χ3v) is 2.26. The molecule has 2 aromatic rings. The molecule has 0 radical (unpaired) electrons. The van der Waals surface area contributed by atoms with Gasteiger partial charge in [0.25, 0.3) is 5.91 Å². The summed E-state index contributed by atoms with van der Waals surface area (Å²) in [5.74, 6) is 0.358. The quantitative estimate of drug-likeness (QED) is 0.659. The molecule has 2 aromatic carbocycles. The number of para-hydroxylation sites is 2. The van der Waals surface area contributed by atoms with Gasteiger partial charge in [-0.25, -0.2) is 0 Å². The van der Waals surface area contributed by atoms with Gasteiger partial charge in [0.15, 0.2) is 0 Å². The molecule has 96 valence electrons. The lowest BCUT2D eigenvalue weighted by Crippen LogP contribution is -2.19. The molecule has 0 unspecified atom stereocenters. The van der Waals surface area contributed by atoms with Crippen molar-refractivity contribution < 1.29 is 14.3 Å². The lowest BCUT2D eigenvalue weighted by Gasteiger charge is -2.07. The lowest BCUT2D eigenvalue weighted by atomic mass is 10.3. The van der Waals surface area contributed by atoms with Crippen LogP contribution in [0.3, 0.4) is 0 Å². The standard InChI is InChI=1S/C15H13NO3/c16-15(17)14(19-13-9-5-2-6-10-13)11-18-12-7-3-1-4-8-12/h1-11H,(H2,16,17). The van der Waals surface area contributed by atoms with Crippen LogP contribution in [0.25, 0.3) is 0 Å². The highest BCUT2D eigenvalue weighted by molar-refractivity contribution is 5.90. The van der Waals surface area contributed by atoms with Gasteiger partial charge in [0, 0.05) is 0 Å². The maximum atomic E-state index is 11.3. The van der Waals surface area contributed by atoms with Gasteiger partial charge in [-0.15, -0.1) is 0 Å². The first kappa shape index (κ1) is 12.7. The summed E-state index contributed by atoms with van der Waals surface area (Å²) < 4.78 is 10.7. The molecule has 0 saturated heterocycles. The van der Waals surface area contributed by atoms with Crippen LogP contribution in [0.5, 0.6) is 11.5 Å². The number of carbonyl (C=O) groups is 1. The van der Waals surface area contributed by atoms with Gasteiger partial charge in [0.05, 0.1) is 0 Å². The Bertz CT molecular complexity index is 564. The average Bonchev–Trinajstić information content (AvgIpc) is 2.45. The third-order valence-electron chi connectivity index (χ3n) is 2.26. The predicted octanol–water partition coefficient (Wildman–Crippen LogP) is 2.47. The van der Waals surface area contributed by atoms with Crippen molar-refractivity contribution in [3.8, 4) is 11.5 Å². The maximum absolute atomic E-state index is 11.3. The number of rotatable bonds is 5. The molecule has 0 heterocycles. The van der Waals surface area contributed by atoms with Crippen LogP contribution in [-0.4, -0.2) is 5.91 Å². The molecule has 2 N–H and O–H groups in total. The Morgan fingerprint density at radius 1 is 0.895 bits per heavy atom. The molecule has 0 spiro atoms. The molecule has 1 amide bonds. The number of ether oxygens (including phenoxy) is 2. The summed E-state index contributed by atoms with van der Waals surface area (Å²) in [4.78, 5) is 11.3. The van der Waals surface area contributed by atoms with Gasteiger partial charge in [0.2, 0.25) is 5.76 Å². The minimum absolute atomic E-state index is 0.0601. The van der Waals surface area contributed by atoms with E-state index in [1.54, 1.807) is 36.4 Å². The van der Waals surface area contributed by atoms with Gasteiger partial charge in [0.1, 0.15) is 17.8 Å². The maximum Gasteiger partial charge on any atom is 0.287 e. The van der Waals surface area contributed by atoms with E-state index in [0.29, 0.717) is 11.5 Å². The summed E-state index contributed by atoms with van der Waals surface area (Å²) in [6, 6.07) is 17.9. The smallest absolute Gasteiger partial charge is 0.287 e. The SMILES string of the molecule is NC(=O)C(=COc1ccccc1)Oc1ccccc1. The molecular formula is C15H13NO3. The first-order valence-corrected chi connectivity index (χ1v) is 5.70. The highest BCUT2D eigenvalue weighted by atomic mass is 16.5. The van der Waals surface area contributed by atoms with E-state index in [-0.39, 0.29) is 5.76 Å². The Morgan fingerprint density at radius 3 is 1.95 bits per heavy atom. The van der Waals surface area contributed by atoms with Crippen LogP contribution in [0, 0.1) is 0 Å². The number of amides is 1. The van der Waals surface area contributed by atoms with Gasteiger partial charge < -0.3 is 15.2 Å². The molecule has 0 atom stereocenters. The lowest BCUT2D eigenvalue weighted by molar-refractivity contribution is -0.116. The van der Waals surface area contributed by atoms with Crippen molar-refractivity contribution in [2.24, 2.45) is 5.73 Å². The molecule has 4 heteroatoms. The molecule has 0 saturated carbocycles. The fraction of sp³-hybridized carbons (Fsp3) is 0. The van der Waals surface area contributed by atoms with E-state index in [2.05, 4.69) is 0 Å². The van der Waals surface area contributed by atoms with E-state index >= 15 is 0 Å². The van der Waals surface area contributed by atoms with Crippen LogP contribution >= 0.6 is 0 Å². The summed E-state index contributed by atoms with van der Waals surface area (Å²) in [5, 5.41) is 0. The topological polar surface area (TPSA) is 61.6 Å². The van der Waals surface area contributed by atoms with Gasteiger partial charge in [-0.3, -0.25) is 4.79 Å². The Labute approximate surface area is 111 Å². The second-order valence-electron chi connectivity index (χ2n) is 3.69. The number of nitrogens with two attached hydrogens (primary N) is 1. The van der Waals surface area contributed by atoms with Crippen molar-refractivity contribution in [3.05, 3.63) is 72.7 Å². The van der Waals surface area contributed by atoms with Crippen molar-refractivity contribution in [2.75, 3.05) is 0 Å². The van der Waals surface area contributed by atoms with Crippen molar-refractivity contribution in [1.29, 1.82) is 0 Å². The number of hydrogen-bond acceptors (Lipinski definition) is 3. The number of hydrogen-bond donors (Lipinski definition) is 1. The molecular weight excluding hydrogens is 242 g/mol. The summed E-state index contributed by atoms with van der Waals surface area (Å²) in [6.45, 7) is 0. The number of benzene rings is 2. The van der Waals surface area contributed by atoms with Gasteiger partial charge in [-0.2, -0.15) is 0 Å². The van der Waals surface area contributed by atoms with E-state index in [9.17, 15) is 4.79 Å². The van der Waals surface area contributed by atoms with Crippen LogP contribution in [0.4, 0.5) is 0 Å². The van der Waals surface area contributed by atoms with E-state index < -0.39 is 5.91 Å². The van der Waals surface area contributed by atoms with Crippen LogP contribution in [0.1, 0.15) is 0 Å². The van der Waals surface area contributed by atoms with E-state index in [0.717, 1.165) is 0 Å². The molecule has 2 rings (SSSR count). The molecule has 0 bridgehead atoms. The van der Waals surface area contributed by atoms with E-state index in [4.69, 9.17) is 15.2 Å². The first-order chi connectivity index (χ1) is 9.25. The second kappa shape index (κ2) is 6.26. The summed E-state index contributed by atoms with van der Waals surface area (Å²) in [7, 11) is 0. The van der Waals surface area contributed by atoms with Crippen molar-refractivity contribution in [1.82, 2.24) is 0 Å². The zero-order chi connectivity index (χ0) is 13.5. The molecule has 0 aliphatic rings. The number of primary amides is 1. The normalized spacial score (nSPS) is 10.8. The first-order valence-electron chi connectivity index (χ1n) is 5.70. The van der Waals surface area contributed by atoms with Crippen molar-refractivity contribution in [2.45, 2.75) is 0 Å². The van der Waals surface area contributed by atoms with Gasteiger partial charge in [-0.05, 0) is 24.3 Å². The number of carbonyl (C=O) groups excluding carboxylic acids is 1. The largest absolute Gasteiger partial charge is 0.461 e. The van der Waals surface area contributed by atoms with Crippen LogP contribution < -0.4 is 15.2 Å². The average molecular weight is 255 g/mol. The van der Waals surface area contributed by atoms with Crippen molar-refractivity contribution in [3.63, 3.8) is 0 Å². The molecule has 19 heavy (non-hydrogen) atoms. The van der Waals surface area contributed by atoms with Crippen LogP contribution in [0.15, 0.2) is 72.7 Å². The zero-order valence-corrected chi connectivity index (χ0v) is 10.2. The van der Waals surface area contributed by atoms with Gasteiger partial charge in [-0.1, -0.05) is 36.4 Å². The summed E-state index contributed by atoms with van der Waals surface area (Å²) in [5.41, 5.74) is 5.24. The minimum atomic E-state index is -0.695. The molecule has 0 aromatic heterocycles. The summed E-state index contributed by atoms with van der Waals surface area (Å²) in [6.07, 6.45) is 1.20. The fourth-order valence-electron chi connectivity index (χ4n) is 1.37. The second-order valence-corrected chi connectivity index (χ2v) is 3.69. The highest BCUT2D eigenvalue weighted by Crippen LogP contribution is 2.14. The molecule has 0 aliphatic heterocycles. The fourth-order valence-corrected chi connectivity index (χ4v) is 1.37. The zero-order valence-electron chi connectivity index (χ0n) is 10.2. The van der Waals surface area contributed by atoms with Crippen molar-refractivity contribution >= 4 is 5.91 Å². The third kappa shape index (κ3) is 3.89. The Morgan fingerprint density at radius 2 is 1.42 bits per heavy atom. The van der Waals surface area contributed by atoms with Gasteiger partial charge >= 0.3 is 0 Å². The Balaban J connectivity index is 2.10. The van der Waals surface area contributed by atoms with Crippen LogP contribution in [0.2, 0.25) is 0 Å². The minimum Gasteiger partial charge on any atom is -0.461 e. The molecule has 0 fully saturated rings. The van der Waals surface area contributed by atoms with E-state index in [1.165, 1.54) is 6.26 Å². The molecule has 0 aliphatic carbocycles. The van der Waals surface area contributed by atoms with E-state index in [1.807, 2.05) is 24.3 Å². The Hall–Kier alpha value is -2.75.